The Morgan fingerprint density at radius 2 is 1.76 bits per heavy atom. The fourth-order valence-electron chi connectivity index (χ4n) is 3.70. The topological polar surface area (TPSA) is 35.6 Å². The summed E-state index contributed by atoms with van der Waals surface area (Å²) in [6.45, 7) is 6.37. The Balaban J connectivity index is 1.30. The first-order chi connectivity index (χ1) is 12.3. The van der Waals surface area contributed by atoms with Crippen LogP contribution in [-0.2, 0) is 11.3 Å². The molecule has 1 heterocycles. The summed E-state index contributed by atoms with van der Waals surface area (Å²) in [5.41, 5.74) is 2.90. The first-order valence-corrected chi connectivity index (χ1v) is 9.73. The highest BCUT2D eigenvalue weighted by molar-refractivity contribution is 5.78. The molecule has 0 bridgehead atoms. The molecule has 0 radical (unpaired) electrons. The molecule has 0 unspecified atom stereocenters. The number of benzene rings is 1. The number of nitrogens with zero attached hydrogens (tertiary/aromatic N) is 2. The predicted molar refractivity (Wildman–Crippen MR) is 102 cm³/mol. The van der Waals surface area contributed by atoms with Crippen LogP contribution in [0.25, 0.3) is 0 Å². The van der Waals surface area contributed by atoms with Crippen LogP contribution in [0.5, 0.6) is 0 Å². The fraction of sp³-hybridized carbons (Fsp3) is 0.571. The summed E-state index contributed by atoms with van der Waals surface area (Å²) in [6, 6.07) is 10.6. The van der Waals surface area contributed by atoms with Gasteiger partial charge in [0, 0.05) is 39.3 Å². The van der Waals surface area contributed by atoms with Crippen molar-refractivity contribution < 1.29 is 4.79 Å². The van der Waals surface area contributed by atoms with Crippen LogP contribution in [0.1, 0.15) is 37.7 Å². The predicted octanol–water partition coefficient (Wildman–Crippen LogP) is 2.81. The fourth-order valence-corrected chi connectivity index (χ4v) is 3.70. The van der Waals surface area contributed by atoms with E-state index >= 15 is 0 Å². The maximum absolute atomic E-state index is 12.1. The molecule has 2 aliphatic rings. The summed E-state index contributed by atoms with van der Waals surface area (Å²) in [7, 11) is 0. The number of hydrogen-bond donors (Lipinski definition) is 1. The minimum atomic E-state index is 0.174. The van der Waals surface area contributed by atoms with Gasteiger partial charge in [-0.05, 0) is 37.7 Å². The Hall–Kier alpha value is -1.65. The third kappa shape index (κ3) is 6.29. The van der Waals surface area contributed by atoms with E-state index < -0.39 is 0 Å². The lowest BCUT2D eigenvalue weighted by atomic mass is 9.97. The molecule has 1 aliphatic carbocycles. The van der Waals surface area contributed by atoms with Crippen molar-refractivity contribution in [3.05, 3.63) is 47.5 Å². The third-order valence-electron chi connectivity index (χ3n) is 5.23. The molecule has 1 aliphatic heterocycles. The van der Waals surface area contributed by atoms with Gasteiger partial charge in [-0.3, -0.25) is 14.6 Å². The van der Waals surface area contributed by atoms with Gasteiger partial charge in [0.25, 0.3) is 0 Å². The molecule has 3 rings (SSSR count). The van der Waals surface area contributed by atoms with Gasteiger partial charge in [0.15, 0.2) is 0 Å². The minimum absolute atomic E-state index is 0.174. The molecule has 0 aromatic heterocycles. The van der Waals surface area contributed by atoms with Crippen molar-refractivity contribution in [1.82, 2.24) is 15.1 Å². The van der Waals surface area contributed by atoms with Crippen LogP contribution in [0.3, 0.4) is 0 Å². The Morgan fingerprint density at radius 1 is 1.00 bits per heavy atom. The standard InChI is InChI=1S/C21H31N3O/c25-21(22-12-11-19-7-3-1-4-8-19)18-24-15-13-23(14-16-24)17-20-9-5-2-6-10-20/h2,5-7,9-10H,1,3-4,8,11-18H2,(H,22,25). The van der Waals surface area contributed by atoms with Crippen LogP contribution in [0.4, 0.5) is 0 Å². The van der Waals surface area contributed by atoms with E-state index in [0.29, 0.717) is 6.54 Å². The molecule has 25 heavy (non-hydrogen) atoms. The SMILES string of the molecule is O=C(CN1CCN(Cc2ccccc2)CC1)NCCC1=CCCCC1. The minimum Gasteiger partial charge on any atom is -0.355 e. The number of allylic oxidation sites excluding steroid dienone is 1. The van der Waals surface area contributed by atoms with Gasteiger partial charge in [-0.15, -0.1) is 0 Å². The molecule has 4 heteroatoms. The Kier molecular flexibility index (Phi) is 7.07. The van der Waals surface area contributed by atoms with Gasteiger partial charge in [-0.1, -0.05) is 42.0 Å². The van der Waals surface area contributed by atoms with E-state index in [9.17, 15) is 4.79 Å². The van der Waals surface area contributed by atoms with Gasteiger partial charge in [0.1, 0.15) is 0 Å². The van der Waals surface area contributed by atoms with Crippen LogP contribution in [0.15, 0.2) is 42.0 Å². The Bertz CT molecular complexity index is 562. The van der Waals surface area contributed by atoms with E-state index in [1.165, 1.54) is 36.8 Å². The van der Waals surface area contributed by atoms with E-state index in [4.69, 9.17) is 0 Å². The van der Waals surface area contributed by atoms with Crippen LogP contribution in [0.2, 0.25) is 0 Å². The molecule has 1 N–H and O–H groups in total. The van der Waals surface area contributed by atoms with Gasteiger partial charge < -0.3 is 5.32 Å². The smallest absolute Gasteiger partial charge is 0.234 e. The van der Waals surface area contributed by atoms with Gasteiger partial charge >= 0.3 is 0 Å². The molecule has 4 nitrogen and oxygen atoms in total. The monoisotopic (exact) mass is 341 g/mol. The summed E-state index contributed by atoms with van der Waals surface area (Å²) >= 11 is 0. The van der Waals surface area contributed by atoms with E-state index in [2.05, 4.69) is 51.5 Å². The molecule has 0 saturated carbocycles. The van der Waals surface area contributed by atoms with E-state index in [0.717, 1.165) is 45.7 Å². The molecule has 0 spiro atoms. The van der Waals surface area contributed by atoms with Gasteiger partial charge in [0.05, 0.1) is 6.54 Å². The van der Waals surface area contributed by atoms with Crippen molar-refractivity contribution >= 4 is 5.91 Å². The average molecular weight is 341 g/mol. The summed E-state index contributed by atoms with van der Waals surface area (Å²) < 4.78 is 0. The summed E-state index contributed by atoms with van der Waals surface area (Å²) in [6.07, 6.45) is 8.47. The second kappa shape index (κ2) is 9.73. The van der Waals surface area contributed by atoms with Crippen LogP contribution in [-0.4, -0.2) is 55.0 Å². The first kappa shape index (κ1) is 18.2. The zero-order valence-electron chi connectivity index (χ0n) is 15.3. The van der Waals surface area contributed by atoms with Gasteiger partial charge in [-0.2, -0.15) is 0 Å². The number of hydrogen-bond acceptors (Lipinski definition) is 3. The molecule has 1 aromatic carbocycles. The molecular weight excluding hydrogens is 310 g/mol. The Morgan fingerprint density at radius 3 is 2.48 bits per heavy atom. The quantitative estimate of drug-likeness (QED) is 0.775. The van der Waals surface area contributed by atoms with Crippen molar-refractivity contribution in [3.63, 3.8) is 0 Å². The molecule has 1 amide bonds. The molecular formula is C21H31N3O. The number of rotatable bonds is 7. The maximum Gasteiger partial charge on any atom is 0.234 e. The number of nitrogens with one attached hydrogen (secondary N) is 1. The molecule has 0 atom stereocenters. The second-order valence-corrected chi connectivity index (χ2v) is 7.25. The maximum atomic E-state index is 12.1. The number of amides is 1. The van der Waals surface area contributed by atoms with Crippen LogP contribution in [0, 0.1) is 0 Å². The van der Waals surface area contributed by atoms with Crippen molar-refractivity contribution in [2.45, 2.75) is 38.6 Å². The number of piperazine rings is 1. The van der Waals surface area contributed by atoms with E-state index in [-0.39, 0.29) is 5.91 Å². The van der Waals surface area contributed by atoms with E-state index in [1.807, 2.05) is 0 Å². The van der Waals surface area contributed by atoms with Crippen LogP contribution < -0.4 is 5.32 Å². The second-order valence-electron chi connectivity index (χ2n) is 7.25. The van der Waals surface area contributed by atoms with Gasteiger partial charge in [0.2, 0.25) is 5.91 Å². The van der Waals surface area contributed by atoms with Crippen molar-refractivity contribution in [2.75, 3.05) is 39.3 Å². The first-order valence-electron chi connectivity index (χ1n) is 9.73. The molecule has 1 aromatic rings. The lowest BCUT2D eigenvalue weighted by Crippen LogP contribution is -2.49. The highest BCUT2D eigenvalue weighted by Gasteiger charge is 2.18. The molecule has 1 saturated heterocycles. The molecule has 136 valence electrons. The number of carbonyl (C=O) groups is 1. The third-order valence-corrected chi connectivity index (χ3v) is 5.23. The highest BCUT2D eigenvalue weighted by atomic mass is 16.2. The highest BCUT2D eigenvalue weighted by Crippen LogP contribution is 2.19. The summed E-state index contributed by atoms with van der Waals surface area (Å²) in [5.74, 6) is 0.174. The zero-order chi connectivity index (χ0) is 17.3. The van der Waals surface area contributed by atoms with Crippen molar-refractivity contribution in [1.29, 1.82) is 0 Å². The molecule has 1 fully saturated rings. The summed E-state index contributed by atoms with van der Waals surface area (Å²) in [5, 5.41) is 3.09. The lowest BCUT2D eigenvalue weighted by Gasteiger charge is -2.34. The van der Waals surface area contributed by atoms with Crippen LogP contribution >= 0.6 is 0 Å². The lowest BCUT2D eigenvalue weighted by molar-refractivity contribution is -0.122. The normalized spacial score (nSPS) is 19.4. The average Bonchev–Trinajstić information content (AvgIpc) is 2.65. The number of carbonyl (C=O) groups excluding carboxylic acids is 1. The van der Waals surface area contributed by atoms with E-state index in [1.54, 1.807) is 0 Å². The van der Waals surface area contributed by atoms with Crippen molar-refractivity contribution in [3.8, 4) is 0 Å². The largest absolute Gasteiger partial charge is 0.355 e. The Labute approximate surface area is 151 Å². The zero-order valence-corrected chi connectivity index (χ0v) is 15.3. The van der Waals surface area contributed by atoms with Gasteiger partial charge in [-0.25, -0.2) is 0 Å². The van der Waals surface area contributed by atoms with Crippen molar-refractivity contribution in [2.24, 2.45) is 0 Å². The summed E-state index contributed by atoms with van der Waals surface area (Å²) in [4.78, 5) is 16.9.